The molecule has 0 aliphatic carbocycles. The van der Waals surface area contributed by atoms with Crippen LogP contribution in [0.2, 0.25) is 0 Å². The van der Waals surface area contributed by atoms with Crippen molar-refractivity contribution >= 4 is 17.7 Å². The third kappa shape index (κ3) is 4.52. The second-order valence-electron chi connectivity index (χ2n) is 3.43. The zero-order valence-electron chi connectivity index (χ0n) is 9.69. The van der Waals surface area contributed by atoms with Gasteiger partial charge in [0.25, 0.3) is 0 Å². The molecule has 0 N–H and O–H groups in total. The van der Waals surface area contributed by atoms with Crippen LogP contribution in [0.25, 0.3) is 0 Å². The van der Waals surface area contributed by atoms with E-state index in [0.29, 0.717) is 0 Å². The Balaban J connectivity index is 2.71. The molecule has 1 heterocycles. The van der Waals surface area contributed by atoms with Crippen LogP contribution in [0.5, 0.6) is 0 Å². The van der Waals surface area contributed by atoms with Crippen molar-refractivity contribution in [3.63, 3.8) is 0 Å². The largest absolute Gasteiger partial charge is 0.469 e. The van der Waals surface area contributed by atoms with Crippen molar-refractivity contribution in [1.29, 1.82) is 0 Å². The van der Waals surface area contributed by atoms with Gasteiger partial charge >= 0.3 is 12.1 Å². The Kier molecular flexibility index (Phi) is 4.94. The van der Waals surface area contributed by atoms with Crippen LogP contribution >= 0.6 is 11.8 Å². The summed E-state index contributed by atoms with van der Waals surface area (Å²) < 4.78 is 41.7. The molecular formula is C10H11F3N2O2S. The Morgan fingerprint density at radius 2 is 2.22 bits per heavy atom. The Hall–Kier alpha value is -1.31. The van der Waals surface area contributed by atoms with Crippen LogP contribution in [0.1, 0.15) is 19.0 Å². The summed E-state index contributed by atoms with van der Waals surface area (Å²) in [6, 6.07) is 0.801. The van der Waals surface area contributed by atoms with Gasteiger partial charge in [0, 0.05) is 11.4 Å². The number of alkyl halides is 3. The zero-order chi connectivity index (χ0) is 13.8. The van der Waals surface area contributed by atoms with Gasteiger partial charge in [-0.25, -0.2) is 9.97 Å². The number of nitrogens with zero attached hydrogens (tertiary/aromatic N) is 2. The van der Waals surface area contributed by atoms with Crippen LogP contribution in [0.4, 0.5) is 13.2 Å². The molecule has 0 radical (unpaired) electrons. The smallest absolute Gasteiger partial charge is 0.433 e. The molecular weight excluding hydrogens is 269 g/mol. The average molecular weight is 280 g/mol. The molecule has 1 unspecified atom stereocenters. The maximum absolute atomic E-state index is 12.4. The average Bonchev–Trinajstić information content (AvgIpc) is 2.27. The number of rotatable bonds is 4. The highest BCUT2D eigenvalue weighted by Crippen LogP contribution is 2.29. The SMILES string of the molecule is COC(=O)CC(C)Sc1nccc(C(F)(F)F)n1. The Morgan fingerprint density at radius 3 is 2.78 bits per heavy atom. The van der Waals surface area contributed by atoms with Crippen molar-refractivity contribution < 1.29 is 22.7 Å². The maximum atomic E-state index is 12.4. The first kappa shape index (κ1) is 14.7. The maximum Gasteiger partial charge on any atom is 0.433 e. The molecule has 0 amide bonds. The van der Waals surface area contributed by atoms with Gasteiger partial charge in [0.05, 0.1) is 13.5 Å². The quantitative estimate of drug-likeness (QED) is 0.482. The van der Waals surface area contributed by atoms with Gasteiger partial charge in [-0.2, -0.15) is 13.2 Å². The first-order valence-corrected chi connectivity index (χ1v) is 5.84. The summed E-state index contributed by atoms with van der Waals surface area (Å²) in [5, 5.41) is -0.276. The van der Waals surface area contributed by atoms with E-state index in [1.54, 1.807) is 6.92 Å². The number of carbonyl (C=O) groups excluding carboxylic acids is 1. The Bertz CT molecular complexity index is 426. The van der Waals surface area contributed by atoms with Crippen molar-refractivity contribution in [3.8, 4) is 0 Å². The molecule has 0 saturated carbocycles. The van der Waals surface area contributed by atoms with Gasteiger partial charge in [0.2, 0.25) is 0 Å². The third-order valence-electron chi connectivity index (χ3n) is 1.91. The zero-order valence-corrected chi connectivity index (χ0v) is 10.5. The van der Waals surface area contributed by atoms with Crippen LogP contribution < -0.4 is 0 Å². The molecule has 0 aliphatic heterocycles. The summed E-state index contributed by atoms with van der Waals surface area (Å²) in [6.45, 7) is 1.69. The molecule has 1 rings (SSSR count). The predicted molar refractivity (Wildman–Crippen MR) is 59.0 cm³/mol. The number of aromatic nitrogens is 2. The molecule has 1 aromatic heterocycles. The predicted octanol–water partition coefficient (Wildman–Crippen LogP) is 2.54. The summed E-state index contributed by atoms with van der Waals surface area (Å²) in [7, 11) is 1.25. The lowest BCUT2D eigenvalue weighted by atomic mass is 10.3. The standard InChI is InChI=1S/C10H11F3N2O2S/c1-6(5-8(16)17-2)18-9-14-4-3-7(15-9)10(11,12)13/h3-4,6H,5H2,1-2H3. The number of hydrogen-bond donors (Lipinski definition) is 0. The Morgan fingerprint density at radius 1 is 1.56 bits per heavy atom. The summed E-state index contributed by atoms with van der Waals surface area (Å²) in [5.74, 6) is -0.429. The van der Waals surface area contributed by atoms with Gasteiger partial charge in [-0.05, 0) is 6.07 Å². The molecule has 0 saturated heterocycles. The van der Waals surface area contributed by atoms with E-state index in [1.165, 1.54) is 7.11 Å². The summed E-state index contributed by atoms with van der Waals surface area (Å²) in [4.78, 5) is 18.1. The van der Waals surface area contributed by atoms with Gasteiger partial charge in [-0.15, -0.1) is 0 Å². The first-order chi connectivity index (χ1) is 8.32. The monoisotopic (exact) mass is 280 g/mol. The molecule has 0 fully saturated rings. The van der Waals surface area contributed by atoms with Crippen molar-refractivity contribution in [2.75, 3.05) is 7.11 Å². The molecule has 0 bridgehead atoms. The van der Waals surface area contributed by atoms with Gasteiger partial charge < -0.3 is 4.74 Å². The second-order valence-corrected chi connectivity index (χ2v) is 4.84. The summed E-state index contributed by atoms with van der Waals surface area (Å²) in [6.07, 6.45) is -3.37. The molecule has 0 spiro atoms. The van der Waals surface area contributed by atoms with Gasteiger partial charge in [0.15, 0.2) is 5.16 Å². The molecule has 1 atom stereocenters. The number of hydrogen-bond acceptors (Lipinski definition) is 5. The second kappa shape index (κ2) is 6.03. The molecule has 1 aromatic rings. The molecule has 18 heavy (non-hydrogen) atoms. The van der Waals surface area contributed by atoms with E-state index in [0.717, 1.165) is 24.0 Å². The Labute approximate surface area is 106 Å². The fourth-order valence-electron chi connectivity index (χ4n) is 1.10. The number of halogens is 3. The molecule has 8 heteroatoms. The minimum Gasteiger partial charge on any atom is -0.469 e. The molecule has 0 aromatic carbocycles. The fourth-order valence-corrected chi connectivity index (χ4v) is 1.95. The van der Waals surface area contributed by atoms with Gasteiger partial charge in [-0.3, -0.25) is 4.79 Å². The third-order valence-corrected chi connectivity index (χ3v) is 2.89. The molecule has 0 aliphatic rings. The van der Waals surface area contributed by atoms with Gasteiger partial charge in [0.1, 0.15) is 5.69 Å². The fraction of sp³-hybridized carbons (Fsp3) is 0.500. The number of ether oxygens (including phenoxy) is 1. The number of carbonyl (C=O) groups is 1. The highest BCUT2D eigenvalue weighted by atomic mass is 32.2. The normalized spacial score (nSPS) is 13.2. The highest BCUT2D eigenvalue weighted by Gasteiger charge is 2.32. The number of thioether (sulfide) groups is 1. The first-order valence-electron chi connectivity index (χ1n) is 4.96. The van der Waals surface area contributed by atoms with E-state index < -0.39 is 17.8 Å². The lowest BCUT2D eigenvalue weighted by Crippen LogP contribution is -2.11. The number of methoxy groups -OCH3 is 1. The van der Waals surface area contributed by atoms with Gasteiger partial charge in [-0.1, -0.05) is 18.7 Å². The van der Waals surface area contributed by atoms with Crippen molar-refractivity contribution in [2.45, 2.75) is 29.9 Å². The van der Waals surface area contributed by atoms with Crippen LogP contribution in [0.15, 0.2) is 17.4 Å². The highest BCUT2D eigenvalue weighted by molar-refractivity contribution is 7.99. The molecule has 100 valence electrons. The minimum absolute atomic E-state index is 0.0128. The lowest BCUT2D eigenvalue weighted by Gasteiger charge is -2.10. The van der Waals surface area contributed by atoms with E-state index in [-0.39, 0.29) is 16.8 Å². The van der Waals surface area contributed by atoms with E-state index in [1.807, 2.05) is 0 Å². The van der Waals surface area contributed by atoms with Crippen LogP contribution in [-0.2, 0) is 15.7 Å². The van der Waals surface area contributed by atoms with Crippen LogP contribution in [0, 0.1) is 0 Å². The summed E-state index contributed by atoms with van der Waals surface area (Å²) >= 11 is 0.994. The van der Waals surface area contributed by atoms with Crippen LogP contribution in [-0.4, -0.2) is 28.3 Å². The molecule has 4 nitrogen and oxygen atoms in total. The van der Waals surface area contributed by atoms with Crippen molar-refractivity contribution in [1.82, 2.24) is 9.97 Å². The van der Waals surface area contributed by atoms with Crippen molar-refractivity contribution in [2.24, 2.45) is 0 Å². The number of esters is 1. The topological polar surface area (TPSA) is 52.1 Å². The van der Waals surface area contributed by atoms with E-state index in [4.69, 9.17) is 0 Å². The van der Waals surface area contributed by atoms with Crippen LogP contribution in [0.3, 0.4) is 0 Å². The lowest BCUT2D eigenvalue weighted by molar-refractivity contribution is -0.142. The van der Waals surface area contributed by atoms with E-state index in [9.17, 15) is 18.0 Å². The van der Waals surface area contributed by atoms with Crippen molar-refractivity contribution in [3.05, 3.63) is 18.0 Å². The van der Waals surface area contributed by atoms with E-state index in [2.05, 4.69) is 14.7 Å². The van der Waals surface area contributed by atoms with E-state index >= 15 is 0 Å². The minimum atomic E-state index is -4.50. The summed E-state index contributed by atoms with van der Waals surface area (Å²) in [5.41, 5.74) is -0.995.